The van der Waals surface area contributed by atoms with Gasteiger partial charge in [0, 0.05) is 37.0 Å². The lowest BCUT2D eigenvalue weighted by molar-refractivity contribution is -0.154. The topological polar surface area (TPSA) is 75.4 Å². The summed E-state index contributed by atoms with van der Waals surface area (Å²) in [5.74, 6) is -2.49. The number of imidazole rings is 1. The molecule has 0 unspecified atom stereocenters. The Kier molecular flexibility index (Phi) is 4.83. The summed E-state index contributed by atoms with van der Waals surface area (Å²) in [6, 6.07) is 4.96. The van der Waals surface area contributed by atoms with Gasteiger partial charge >= 0.3 is 5.97 Å². The summed E-state index contributed by atoms with van der Waals surface area (Å²) in [4.78, 5) is 29.9. The molecule has 3 atom stereocenters. The molecule has 1 aromatic carbocycles. The van der Waals surface area contributed by atoms with Crippen molar-refractivity contribution in [3.63, 3.8) is 0 Å². The molecule has 6 nitrogen and oxygen atoms in total. The van der Waals surface area contributed by atoms with E-state index in [-0.39, 0.29) is 30.4 Å². The zero-order valence-electron chi connectivity index (χ0n) is 13.9. The Bertz CT molecular complexity index is 763. The second-order valence-corrected chi connectivity index (χ2v) is 6.36. The molecular formula is C18H20FN3O3. The number of benzene rings is 1. The van der Waals surface area contributed by atoms with E-state index in [1.165, 1.54) is 11.0 Å². The summed E-state index contributed by atoms with van der Waals surface area (Å²) in [5, 5.41) is 9.63. The fourth-order valence-electron chi connectivity index (χ4n) is 3.56. The van der Waals surface area contributed by atoms with E-state index in [0.29, 0.717) is 6.54 Å². The van der Waals surface area contributed by atoms with Gasteiger partial charge in [-0.1, -0.05) is 18.2 Å². The lowest BCUT2D eigenvalue weighted by Crippen LogP contribution is -2.50. The van der Waals surface area contributed by atoms with Crippen molar-refractivity contribution in [3.05, 3.63) is 54.4 Å². The van der Waals surface area contributed by atoms with Crippen LogP contribution >= 0.6 is 0 Å². The first kappa shape index (κ1) is 17.1. The molecule has 3 rings (SSSR count). The van der Waals surface area contributed by atoms with Gasteiger partial charge in [-0.2, -0.15) is 0 Å². The number of carboxylic acid groups (broad SMARTS) is 1. The number of piperidine rings is 1. The first-order valence-corrected chi connectivity index (χ1v) is 8.23. The molecule has 1 amide bonds. The highest BCUT2D eigenvalue weighted by Gasteiger charge is 2.43. The van der Waals surface area contributed by atoms with Gasteiger partial charge in [-0.05, 0) is 19.4 Å². The van der Waals surface area contributed by atoms with Crippen LogP contribution in [0.25, 0.3) is 0 Å². The molecule has 25 heavy (non-hydrogen) atoms. The summed E-state index contributed by atoms with van der Waals surface area (Å²) in [7, 11) is 0. The highest BCUT2D eigenvalue weighted by atomic mass is 19.1. The molecule has 1 saturated heterocycles. The van der Waals surface area contributed by atoms with Crippen molar-refractivity contribution < 1.29 is 19.1 Å². The van der Waals surface area contributed by atoms with Crippen molar-refractivity contribution in [1.29, 1.82) is 0 Å². The molecule has 7 heteroatoms. The zero-order chi connectivity index (χ0) is 18.0. The average molecular weight is 345 g/mol. The minimum atomic E-state index is -1.01. The number of carboxylic acids is 1. The third-order valence-electron chi connectivity index (χ3n) is 4.69. The fourth-order valence-corrected chi connectivity index (χ4v) is 3.56. The SMILES string of the molecule is C[C@H](Cn1ccnc1)N1C(=O)CC[C@@H](C(=O)O)[C@@H]1c1ccccc1F. The highest BCUT2D eigenvalue weighted by molar-refractivity contribution is 5.82. The molecule has 0 bridgehead atoms. The van der Waals surface area contributed by atoms with Crippen molar-refractivity contribution in [2.45, 2.75) is 38.4 Å². The maximum Gasteiger partial charge on any atom is 0.308 e. The number of hydrogen-bond acceptors (Lipinski definition) is 3. The van der Waals surface area contributed by atoms with Gasteiger partial charge in [0.05, 0.1) is 18.3 Å². The van der Waals surface area contributed by atoms with Crippen LogP contribution in [0.3, 0.4) is 0 Å². The summed E-state index contributed by atoms with van der Waals surface area (Å²) in [5.41, 5.74) is 0.250. The number of carbonyl (C=O) groups excluding carboxylic acids is 1. The number of amides is 1. The molecule has 0 spiro atoms. The van der Waals surface area contributed by atoms with Crippen molar-refractivity contribution in [2.24, 2.45) is 5.92 Å². The van der Waals surface area contributed by atoms with Gasteiger partial charge in [0.2, 0.25) is 5.91 Å². The molecule has 0 radical (unpaired) electrons. The van der Waals surface area contributed by atoms with Crippen LogP contribution in [-0.2, 0) is 16.1 Å². The monoisotopic (exact) mass is 345 g/mol. The van der Waals surface area contributed by atoms with Crippen LogP contribution in [0, 0.1) is 11.7 Å². The van der Waals surface area contributed by atoms with E-state index in [1.54, 1.807) is 36.9 Å². The third-order valence-corrected chi connectivity index (χ3v) is 4.69. The van der Waals surface area contributed by atoms with Gasteiger partial charge in [0.1, 0.15) is 5.82 Å². The largest absolute Gasteiger partial charge is 0.481 e. The molecule has 1 aromatic heterocycles. The minimum Gasteiger partial charge on any atom is -0.481 e. The first-order chi connectivity index (χ1) is 12.0. The Morgan fingerprint density at radius 1 is 1.44 bits per heavy atom. The number of aliphatic carboxylic acids is 1. The highest BCUT2D eigenvalue weighted by Crippen LogP contribution is 2.39. The van der Waals surface area contributed by atoms with E-state index >= 15 is 0 Å². The predicted molar refractivity (Wildman–Crippen MR) is 88.0 cm³/mol. The lowest BCUT2D eigenvalue weighted by atomic mass is 9.83. The number of aromatic nitrogens is 2. The Labute approximate surface area is 144 Å². The maximum absolute atomic E-state index is 14.4. The van der Waals surface area contributed by atoms with Gasteiger partial charge in [0.25, 0.3) is 0 Å². The van der Waals surface area contributed by atoms with Crippen LogP contribution in [0.15, 0.2) is 43.0 Å². The van der Waals surface area contributed by atoms with Crippen molar-refractivity contribution >= 4 is 11.9 Å². The minimum absolute atomic E-state index is 0.149. The summed E-state index contributed by atoms with van der Waals surface area (Å²) < 4.78 is 16.2. The summed E-state index contributed by atoms with van der Waals surface area (Å²) in [6.07, 6.45) is 5.41. The smallest absolute Gasteiger partial charge is 0.308 e. The van der Waals surface area contributed by atoms with Crippen LogP contribution in [0.2, 0.25) is 0 Å². The van der Waals surface area contributed by atoms with E-state index in [9.17, 15) is 19.1 Å². The van der Waals surface area contributed by atoms with Gasteiger partial charge < -0.3 is 14.6 Å². The van der Waals surface area contributed by atoms with Crippen molar-refractivity contribution in [1.82, 2.24) is 14.5 Å². The quantitative estimate of drug-likeness (QED) is 0.903. The van der Waals surface area contributed by atoms with E-state index in [2.05, 4.69) is 4.98 Å². The summed E-state index contributed by atoms with van der Waals surface area (Å²) >= 11 is 0. The zero-order valence-corrected chi connectivity index (χ0v) is 13.9. The number of carbonyl (C=O) groups is 2. The molecule has 1 aliphatic heterocycles. The number of rotatable bonds is 5. The molecular weight excluding hydrogens is 325 g/mol. The molecule has 132 valence electrons. The molecule has 2 aromatic rings. The molecule has 1 fully saturated rings. The van der Waals surface area contributed by atoms with E-state index in [4.69, 9.17) is 0 Å². The molecule has 0 saturated carbocycles. The van der Waals surface area contributed by atoms with Crippen LogP contribution in [0.4, 0.5) is 4.39 Å². The van der Waals surface area contributed by atoms with E-state index in [1.807, 2.05) is 11.5 Å². The Morgan fingerprint density at radius 3 is 2.84 bits per heavy atom. The molecule has 0 aliphatic carbocycles. The molecule has 2 heterocycles. The van der Waals surface area contributed by atoms with Crippen LogP contribution < -0.4 is 0 Å². The number of halogens is 1. The Balaban J connectivity index is 1.99. The maximum atomic E-state index is 14.4. The second kappa shape index (κ2) is 7.04. The van der Waals surface area contributed by atoms with Crippen molar-refractivity contribution in [2.75, 3.05) is 0 Å². The standard InChI is InChI=1S/C18H20FN3O3/c1-12(10-21-9-8-20-11-21)22-16(23)7-6-14(18(24)25)17(22)13-4-2-3-5-15(13)19/h2-5,8-9,11-12,14,17H,6-7,10H2,1H3,(H,24,25)/t12-,14-,17+/m1/s1. The van der Waals surface area contributed by atoms with Crippen molar-refractivity contribution in [3.8, 4) is 0 Å². The second-order valence-electron chi connectivity index (χ2n) is 6.36. The van der Waals surface area contributed by atoms with Crippen LogP contribution in [0.5, 0.6) is 0 Å². The predicted octanol–water partition coefficient (Wildman–Crippen LogP) is 2.48. The number of nitrogens with zero attached hydrogens (tertiary/aromatic N) is 3. The Hall–Kier alpha value is -2.70. The van der Waals surface area contributed by atoms with Gasteiger partial charge in [-0.3, -0.25) is 9.59 Å². The normalized spacial score (nSPS) is 22.0. The van der Waals surface area contributed by atoms with Gasteiger partial charge in [-0.15, -0.1) is 0 Å². The number of hydrogen-bond donors (Lipinski definition) is 1. The lowest BCUT2D eigenvalue weighted by Gasteiger charge is -2.43. The first-order valence-electron chi connectivity index (χ1n) is 8.23. The van der Waals surface area contributed by atoms with Gasteiger partial charge in [0.15, 0.2) is 0 Å². The molecule has 1 aliphatic rings. The van der Waals surface area contributed by atoms with E-state index < -0.39 is 23.7 Å². The molecule has 1 N–H and O–H groups in total. The van der Waals surface area contributed by atoms with Gasteiger partial charge in [-0.25, -0.2) is 9.37 Å². The average Bonchev–Trinajstić information content (AvgIpc) is 3.07. The Morgan fingerprint density at radius 2 is 2.20 bits per heavy atom. The van der Waals surface area contributed by atoms with E-state index in [0.717, 1.165) is 0 Å². The number of likely N-dealkylation sites (tertiary alicyclic amines) is 1. The van der Waals surface area contributed by atoms with Crippen LogP contribution in [-0.4, -0.2) is 37.5 Å². The summed E-state index contributed by atoms with van der Waals surface area (Å²) in [6.45, 7) is 2.30. The van der Waals surface area contributed by atoms with Crippen LogP contribution in [0.1, 0.15) is 31.4 Å². The third kappa shape index (κ3) is 3.40. The fraction of sp³-hybridized carbons (Fsp3) is 0.389.